The molecule has 2 rings (SSSR count). The molecule has 0 saturated heterocycles. The lowest BCUT2D eigenvalue weighted by atomic mass is 10.3. The molecule has 1 aliphatic rings. The Bertz CT molecular complexity index is 270. The summed E-state index contributed by atoms with van der Waals surface area (Å²) in [5, 5.41) is 20.8. The van der Waals surface area contributed by atoms with E-state index in [9.17, 15) is 5.11 Å². The highest BCUT2D eigenvalue weighted by atomic mass is 32.1. The van der Waals surface area contributed by atoms with Crippen molar-refractivity contribution in [2.75, 3.05) is 6.61 Å². The molecule has 1 heterocycles. The Hall–Kier alpha value is -0.450. The van der Waals surface area contributed by atoms with Gasteiger partial charge in [0.1, 0.15) is 6.10 Å². The topological polar surface area (TPSA) is 53.4 Å². The first kappa shape index (κ1) is 8.16. The van der Waals surface area contributed by atoms with E-state index in [1.807, 2.05) is 5.38 Å². The number of aliphatic hydroxyl groups is 2. The predicted molar refractivity (Wildman–Crippen MR) is 46.1 cm³/mol. The van der Waals surface area contributed by atoms with Gasteiger partial charge in [0.25, 0.3) is 0 Å². The number of hydrogen-bond donors (Lipinski definition) is 2. The summed E-state index contributed by atoms with van der Waals surface area (Å²) in [7, 11) is 0. The van der Waals surface area contributed by atoms with Crippen molar-refractivity contribution in [2.24, 2.45) is 0 Å². The molecule has 0 amide bonds. The highest BCUT2D eigenvalue weighted by Gasteiger charge is 2.27. The van der Waals surface area contributed by atoms with Gasteiger partial charge >= 0.3 is 0 Å². The highest BCUT2D eigenvalue weighted by molar-refractivity contribution is 7.09. The summed E-state index contributed by atoms with van der Waals surface area (Å²) >= 11 is 1.58. The molecule has 0 aliphatic heterocycles. The SMILES string of the molecule is OCC(O)c1csc(C2CC2)n1. The number of thiazole rings is 1. The van der Waals surface area contributed by atoms with Gasteiger partial charge in [0.05, 0.1) is 17.3 Å². The number of hydrogen-bond acceptors (Lipinski definition) is 4. The molecule has 1 fully saturated rings. The minimum Gasteiger partial charge on any atom is -0.393 e. The molecule has 0 aromatic carbocycles. The van der Waals surface area contributed by atoms with Crippen molar-refractivity contribution < 1.29 is 10.2 Å². The van der Waals surface area contributed by atoms with Crippen LogP contribution in [0.4, 0.5) is 0 Å². The normalized spacial score (nSPS) is 19.5. The first-order chi connectivity index (χ1) is 5.81. The van der Waals surface area contributed by atoms with Gasteiger partial charge in [0.2, 0.25) is 0 Å². The molecular formula is C8H11NO2S. The number of aliphatic hydroxyl groups excluding tert-OH is 2. The summed E-state index contributed by atoms with van der Waals surface area (Å²) in [6.45, 7) is -0.242. The van der Waals surface area contributed by atoms with Crippen LogP contribution in [0.15, 0.2) is 5.38 Å². The summed E-state index contributed by atoms with van der Waals surface area (Å²) in [5.74, 6) is 0.634. The van der Waals surface area contributed by atoms with Crippen molar-refractivity contribution in [3.8, 4) is 0 Å². The second-order valence-corrected chi connectivity index (χ2v) is 3.97. The molecule has 0 bridgehead atoms. The van der Waals surface area contributed by atoms with Crippen LogP contribution in [0.25, 0.3) is 0 Å². The monoisotopic (exact) mass is 185 g/mol. The van der Waals surface area contributed by atoms with E-state index in [2.05, 4.69) is 4.98 Å². The fraction of sp³-hybridized carbons (Fsp3) is 0.625. The molecular weight excluding hydrogens is 174 g/mol. The fourth-order valence-electron chi connectivity index (χ4n) is 1.07. The van der Waals surface area contributed by atoms with E-state index in [1.54, 1.807) is 11.3 Å². The number of aromatic nitrogens is 1. The largest absolute Gasteiger partial charge is 0.393 e. The van der Waals surface area contributed by atoms with Gasteiger partial charge in [-0.1, -0.05) is 0 Å². The van der Waals surface area contributed by atoms with Crippen molar-refractivity contribution in [1.29, 1.82) is 0 Å². The third-order valence-electron chi connectivity index (χ3n) is 1.98. The average molecular weight is 185 g/mol. The van der Waals surface area contributed by atoms with Crippen LogP contribution < -0.4 is 0 Å². The van der Waals surface area contributed by atoms with E-state index in [0.717, 1.165) is 5.01 Å². The first-order valence-corrected chi connectivity index (χ1v) is 4.93. The summed E-state index contributed by atoms with van der Waals surface area (Å²) in [5.41, 5.74) is 0.615. The molecule has 2 N–H and O–H groups in total. The van der Waals surface area contributed by atoms with Crippen LogP contribution in [0.2, 0.25) is 0 Å². The van der Waals surface area contributed by atoms with E-state index in [1.165, 1.54) is 12.8 Å². The zero-order valence-electron chi connectivity index (χ0n) is 6.60. The lowest BCUT2D eigenvalue weighted by Gasteiger charge is -2.00. The van der Waals surface area contributed by atoms with Crippen LogP contribution in [0.3, 0.4) is 0 Å². The Labute approximate surface area is 74.7 Å². The lowest BCUT2D eigenvalue weighted by Crippen LogP contribution is -2.02. The van der Waals surface area contributed by atoms with Gasteiger partial charge in [-0.2, -0.15) is 0 Å². The smallest absolute Gasteiger partial charge is 0.120 e. The maximum absolute atomic E-state index is 9.24. The van der Waals surface area contributed by atoms with Crippen LogP contribution in [-0.2, 0) is 0 Å². The van der Waals surface area contributed by atoms with E-state index in [0.29, 0.717) is 11.6 Å². The third kappa shape index (κ3) is 1.50. The van der Waals surface area contributed by atoms with Gasteiger partial charge in [-0.05, 0) is 12.8 Å². The third-order valence-corrected chi connectivity index (χ3v) is 3.01. The molecule has 1 atom stereocenters. The summed E-state index contributed by atoms with van der Waals surface area (Å²) in [6.07, 6.45) is 1.65. The molecule has 3 nitrogen and oxygen atoms in total. The zero-order chi connectivity index (χ0) is 8.55. The number of nitrogens with zero attached hydrogens (tertiary/aromatic N) is 1. The van der Waals surface area contributed by atoms with Crippen molar-refractivity contribution in [1.82, 2.24) is 4.98 Å². The second kappa shape index (κ2) is 3.12. The zero-order valence-corrected chi connectivity index (χ0v) is 7.42. The van der Waals surface area contributed by atoms with Crippen LogP contribution in [0, 0.1) is 0 Å². The maximum atomic E-state index is 9.24. The van der Waals surface area contributed by atoms with Gasteiger partial charge in [0, 0.05) is 11.3 Å². The Morgan fingerprint density at radius 3 is 3.00 bits per heavy atom. The summed E-state index contributed by atoms with van der Waals surface area (Å²) in [6, 6.07) is 0. The molecule has 0 radical (unpaired) electrons. The molecule has 12 heavy (non-hydrogen) atoms. The van der Waals surface area contributed by atoms with Gasteiger partial charge in [-0.15, -0.1) is 11.3 Å². The first-order valence-electron chi connectivity index (χ1n) is 4.05. The summed E-state index contributed by atoms with van der Waals surface area (Å²) < 4.78 is 0. The van der Waals surface area contributed by atoms with Gasteiger partial charge in [-0.25, -0.2) is 4.98 Å². The van der Waals surface area contributed by atoms with E-state index in [-0.39, 0.29) is 6.61 Å². The van der Waals surface area contributed by atoms with E-state index in [4.69, 9.17) is 5.11 Å². The molecule has 66 valence electrons. The second-order valence-electron chi connectivity index (χ2n) is 3.08. The van der Waals surface area contributed by atoms with Crippen molar-refractivity contribution in [2.45, 2.75) is 24.9 Å². The average Bonchev–Trinajstić information content (AvgIpc) is 2.83. The van der Waals surface area contributed by atoms with E-state index < -0.39 is 6.10 Å². The van der Waals surface area contributed by atoms with Crippen LogP contribution in [0.5, 0.6) is 0 Å². The molecule has 4 heteroatoms. The minimum absolute atomic E-state index is 0.242. The Morgan fingerprint density at radius 2 is 2.42 bits per heavy atom. The predicted octanol–water partition coefficient (Wildman–Crippen LogP) is 1.05. The number of rotatable bonds is 3. The van der Waals surface area contributed by atoms with Crippen molar-refractivity contribution >= 4 is 11.3 Å². The van der Waals surface area contributed by atoms with Crippen molar-refractivity contribution in [3.63, 3.8) is 0 Å². The van der Waals surface area contributed by atoms with Crippen LogP contribution in [0.1, 0.15) is 35.6 Å². The fourth-order valence-corrected chi connectivity index (χ4v) is 2.10. The molecule has 1 saturated carbocycles. The highest BCUT2D eigenvalue weighted by Crippen LogP contribution is 2.41. The molecule has 1 aromatic heterocycles. The Morgan fingerprint density at radius 1 is 1.67 bits per heavy atom. The lowest BCUT2D eigenvalue weighted by molar-refractivity contribution is 0.0926. The van der Waals surface area contributed by atoms with Crippen LogP contribution >= 0.6 is 11.3 Å². The molecule has 0 spiro atoms. The molecule has 1 unspecified atom stereocenters. The standard InChI is InChI=1S/C8H11NO2S/c10-3-7(11)6-4-12-8(9-6)5-1-2-5/h4-5,7,10-11H,1-3H2. The molecule has 1 aliphatic carbocycles. The quantitative estimate of drug-likeness (QED) is 0.740. The van der Waals surface area contributed by atoms with Crippen LogP contribution in [-0.4, -0.2) is 21.8 Å². The summed E-state index contributed by atoms with van der Waals surface area (Å²) in [4.78, 5) is 4.25. The van der Waals surface area contributed by atoms with Gasteiger partial charge in [-0.3, -0.25) is 0 Å². The van der Waals surface area contributed by atoms with Crippen molar-refractivity contribution in [3.05, 3.63) is 16.1 Å². The minimum atomic E-state index is -0.797. The Balaban J connectivity index is 2.12. The van der Waals surface area contributed by atoms with E-state index >= 15 is 0 Å². The van der Waals surface area contributed by atoms with Gasteiger partial charge in [0.15, 0.2) is 0 Å². The maximum Gasteiger partial charge on any atom is 0.120 e. The van der Waals surface area contributed by atoms with Gasteiger partial charge < -0.3 is 10.2 Å². The Kier molecular flexibility index (Phi) is 2.12. The molecule has 1 aromatic rings.